The fourth-order valence-corrected chi connectivity index (χ4v) is 10.2. The molecule has 324 valence electrons. The van der Waals surface area contributed by atoms with Crippen molar-refractivity contribution in [3.05, 3.63) is 194 Å². The first kappa shape index (κ1) is 29.3. The first-order valence-electron chi connectivity index (χ1n) is 27.7. The van der Waals surface area contributed by atoms with Gasteiger partial charge in [-0.1, -0.05) is 118 Å². The van der Waals surface area contributed by atoms with Crippen LogP contribution in [0, 0.1) is 0 Å². The lowest BCUT2D eigenvalue weighted by atomic mass is 9.88. The van der Waals surface area contributed by atoms with Crippen molar-refractivity contribution in [1.29, 1.82) is 0 Å². The van der Waals surface area contributed by atoms with Gasteiger partial charge in [0, 0.05) is 89.5 Å². The summed E-state index contributed by atoms with van der Waals surface area (Å²) in [5.74, 6) is 1.48. The van der Waals surface area contributed by atoms with Gasteiger partial charge in [-0.3, -0.25) is 4.57 Å². The molecule has 7 heteroatoms. The zero-order chi connectivity index (χ0) is 54.5. The molecule has 0 saturated carbocycles. The maximum absolute atomic E-state index is 9.15. The number of benzene rings is 8. The fourth-order valence-electron chi connectivity index (χ4n) is 10.2. The topological polar surface area (TPSA) is 43.4 Å². The summed E-state index contributed by atoms with van der Waals surface area (Å²) in [7, 11) is 0. The molecule has 1 aliphatic rings. The Morgan fingerprint density at radius 1 is 0.537 bits per heavy atom. The molecule has 0 unspecified atom stereocenters. The summed E-state index contributed by atoms with van der Waals surface area (Å²) in [5, 5.41) is 4.62. The number of pyridine rings is 1. The molecule has 0 saturated heterocycles. The summed E-state index contributed by atoms with van der Waals surface area (Å²) in [6, 6.07) is 45.1. The van der Waals surface area contributed by atoms with Gasteiger partial charge in [-0.15, -0.1) is 0 Å². The van der Waals surface area contributed by atoms with Crippen LogP contribution in [0.25, 0.3) is 82.4 Å². The molecular formula is C60H48N6O. The average molecular weight is 880 g/mol. The summed E-state index contributed by atoms with van der Waals surface area (Å²) < 4.78 is 110. The normalized spacial score (nSPS) is 15.8. The van der Waals surface area contributed by atoms with Crippen LogP contribution in [-0.2, 0) is 19.4 Å². The summed E-state index contributed by atoms with van der Waals surface area (Å²) in [6.45, 7) is 1.06. The Kier molecular flexibility index (Phi) is 6.39. The van der Waals surface area contributed by atoms with Crippen LogP contribution in [-0.4, -0.2) is 25.4 Å². The maximum atomic E-state index is 9.15. The standard InChI is InChI=1S/C60H48N6O/c1-60(2,3)40-29-30-61-56(33-40)66-52-24-14-11-19-44(52)47-28-27-42(35-55(47)66)67-43-32-39(38-17-7-6-8-18-38)31-41(34-43)64-37-65(54-26-16-15-25-53(54)64)59-57-48(45-20-9-12-22-50(45)62(57)4)36-49-46-21-10-13-23-51(46)63(5)58(49)59/h6-36H,37H2,1-5H3/i4D3,5D3,6D,7D,8D,17D,18D. The van der Waals surface area contributed by atoms with Gasteiger partial charge in [-0.05, 0) is 94.9 Å². The molecule has 13 rings (SSSR count). The summed E-state index contributed by atoms with van der Waals surface area (Å²) in [6.07, 6.45) is 1.82. The molecule has 0 aliphatic carbocycles. The highest BCUT2D eigenvalue weighted by Gasteiger charge is 2.33. The minimum absolute atomic E-state index is 0.00864. The third kappa shape index (κ3) is 6.00. The number of ether oxygens (including phenoxy) is 1. The Morgan fingerprint density at radius 3 is 1.82 bits per heavy atom. The summed E-state index contributed by atoms with van der Waals surface area (Å²) in [5.41, 5.74) is 6.72. The van der Waals surface area contributed by atoms with Crippen LogP contribution in [0.2, 0.25) is 0 Å². The van der Waals surface area contributed by atoms with Gasteiger partial charge in [0.05, 0.1) is 46.0 Å². The van der Waals surface area contributed by atoms with Crippen molar-refractivity contribution in [3.63, 3.8) is 0 Å². The number of nitrogens with zero attached hydrogens (tertiary/aromatic N) is 6. The monoisotopic (exact) mass is 879 g/mol. The van der Waals surface area contributed by atoms with Crippen molar-refractivity contribution >= 4 is 88.2 Å². The van der Waals surface area contributed by atoms with E-state index in [9.17, 15) is 0 Å². The van der Waals surface area contributed by atoms with E-state index in [2.05, 4.69) is 43.5 Å². The number of aromatic nitrogens is 4. The van der Waals surface area contributed by atoms with E-state index in [0.29, 0.717) is 72.1 Å². The molecular weight excluding hydrogens is 821 g/mol. The molecule has 0 fully saturated rings. The zero-order valence-corrected chi connectivity index (χ0v) is 36.8. The van der Waals surface area contributed by atoms with Crippen LogP contribution in [0.3, 0.4) is 0 Å². The molecule has 0 atom stereocenters. The number of rotatable bonds is 6. The highest BCUT2D eigenvalue weighted by Crippen LogP contribution is 2.52. The van der Waals surface area contributed by atoms with Crippen molar-refractivity contribution in [2.24, 2.45) is 14.0 Å². The van der Waals surface area contributed by atoms with Crippen LogP contribution in [0.1, 0.15) is 41.4 Å². The Hall–Kier alpha value is -8.29. The predicted molar refractivity (Wildman–Crippen MR) is 279 cm³/mol. The van der Waals surface area contributed by atoms with E-state index >= 15 is 0 Å². The number of hydrogen-bond donors (Lipinski definition) is 0. The van der Waals surface area contributed by atoms with E-state index in [-0.39, 0.29) is 29.0 Å². The summed E-state index contributed by atoms with van der Waals surface area (Å²) >= 11 is 0. The molecule has 7 nitrogen and oxygen atoms in total. The van der Waals surface area contributed by atoms with E-state index in [0.717, 1.165) is 33.2 Å². The predicted octanol–water partition coefficient (Wildman–Crippen LogP) is 15.5. The molecule has 0 amide bonds. The first-order chi connectivity index (χ1) is 37.2. The van der Waals surface area contributed by atoms with Gasteiger partial charge in [0.25, 0.3) is 0 Å². The van der Waals surface area contributed by atoms with Crippen molar-refractivity contribution in [2.45, 2.75) is 26.2 Å². The number of para-hydroxylation sites is 5. The summed E-state index contributed by atoms with van der Waals surface area (Å²) in [4.78, 5) is 8.79. The number of hydrogen-bond acceptors (Lipinski definition) is 4. The van der Waals surface area contributed by atoms with Crippen molar-refractivity contribution < 1.29 is 19.8 Å². The van der Waals surface area contributed by atoms with Gasteiger partial charge < -0.3 is 23.7 Å². The molecule has 4 aromatic heterocycles. The Balaban J connectivity index is 1.04. The van der Waals surface area contributed by atoms with Crippen LogP contribution in [0.5, 0.6) is 11.5 Å². The molecule has 8 aromatic carbocycles. The van der Waals surface area contributed by atoms with E-state index in [1.807, 2.05) is 113 Å². The van der Waals surface area contributed by atoms with Crippen molar-refractivity contribution in [2.75, 3.05) is 16.5 Å². The Morgan fingerprint density at radius 2 is 1.15 bits per heavy atom. The lowest BCUT2D eigenvalue weighted by Crippen LogP contribution is -2.25. The van der Waals surface area contributed by atoms with Crippen molar-refractivity contribution in [1.82, 2.24) is 18.7 Å². The second kappa shape index (κ2) is 14.6. The Labute approximate surface area is 404 Å². The molecule has 12 aromatic rings. The first-order valence-corrected chi connectivity index (χ1v) is 22.2. The van der Waals surface area contributed by atoms with E-state index < -0.39 is 44.2 Å². The van der Waals surface area contributed by atoms with Crippen LogP contribution in [0.15, 0.2) is 188 Å². The van der Waals surface area contributed by atoms with E-state index in [1.165, 1.54) is 9.13 Å². The molecule has 0 N–H and O–H groups in total. The SMILES string of the molecule is [2H]c1c([2H])c([2H])c(-c2cc(Oc3ccc4c5ccccc5n(-c5cc(C(C)(C)C)ccn5)c4c3)cc(N3CN(c4c5c(cc6c7ccccc7n(C([2H])([2H])[2H])c46)c4ccccc4n5C([2H])([2H])[2H])c4ccccc43)c2)c([2H])c1[2H]. The van der Waals surface area contributed by atoms with Gasteiger partial charge in [0.2, 0.25) is 0 Å². The minimum Gasteiger partial charge on any atom is -0.457 e. The third-order valence-electron chi connectivity index (χ3n) is 13.3. The van der Waals surface area contributed by atoms with Crippen LogP contribution < -0.4 is 14.5 Å². The molecule has 0 radical (unpaired) electrons. The van der Waals surface area contributed by atoms with Gasteiger partial charge in [0.15, 0.2) is 0 Å². The average Bonchev–Trinajstić information content (AvgIpc) is 3.81. The second-order valence-electron chi connectivity index (χ2n) is 18.2. The van der Waals surface area contributed by atoms with E-state index in [4.69, 9.17) is 24.8 Å². The number of aryl methyl sites for hydroxylation is 2. The number of anilines is 4. The van der Waals surface area contributed by atoms with Gasteiger partial charge in [-0.2, -0.15) is 0 Å². The molecule has 0 bridgehead atoms. The fraction of sp³-hybridized carbons (Fsp3) is 0.117. The molecule has 5 heterocycles. The van der Waals surface area contributed by atoms with Crippen LogP contribution in [0.4, 0.5) is 22.7 Å². The van der Waals surface area contributed by atoms with Gasteiger partial charge >= 0.3 is 0 Å². The molecule has 1 aliphatic heterocycles. The minimum atomic E-state index is -2.71. The quantitative estimate of drug-likeness (QED) is 0.167. The molecule has 0 spiro atoms. The van der Waals surface area contributed by atoms with E-state index in [1.54, 1.807) is 36.4 Å². The zero-order valence-electron chi connectivity index (χ0n) is 47.8. The van der Waals surface area contributed by atoms with Gasteiger partial charge in [0.1, 0.15) is 24.0 Å². The maximum Gasteiger partial charge on any atom is 0.137 e. The lowest BCUT2D eigenvalue weighted by molar-refractivity contribution is 0.483. The smallest absolute Gasteiger partial charge is 0.137 e. The van der Waals surface area contributed by atoms with Crippen molar-refractivity contribution in [3.8, 4) is 28.4 Å². The third-order valence-corrected chi connectivity index (χ3v) is 13.3. The molecule has 67 heavy (non-hydrogen) atoms. The van der Waals surface area contributed by atoms with Crippen LogP contribution >= 0.6 is 0 Å². The van der Waals surface area contributed by atoms with Gasteiger partial charge in [-0.25, -0.2) is 4.98 Å². The lowest BCUT2D eigenvalue weighted by Gasteiger charge is -2.25. The highest BCUT2D eigenvalue weighted by molar-refractivity contribution is 6.25. The largest absolute Gasteiger partial charge is 0.457 e. The second-order valence-corrected chi connectivity index (χ2v) is 18.2. The highest BCUT2D eigenvalue weighted by atomic mass is 16.5. The Bertz CT molecular complexity index is 4370. The number of fused-ring (bicyclic) bond motifs is 10.